The molecule has 0 spiro atoms. The Morgan fingerprint density at radius 2 is 1.89 bits per heavy atom. The highest BCUT2D eigenvalue weighted by atomic mass is 19.1. The van der Waals surface area contributed by atoms with Crippen molar-refractivity contribution in [3.8, 4) is 0 Å². The maximum atomic E-state index is 15.9. The van der Waals surface area contributed by atoms with Gasteiger partial charge in [0.1, 0.15) is 11.9 Å². The van der Waals surface area contributed by atoms with Gasteiger partial charge in [0.05, 0.1) is 17.4 Å². The number of Topliss-reactive ketones (excluding diaryl/α,β-unsaturated/α-hetero) is 1. The second kappa shape index (κ2) is 9.70. The summed E-state index contributed by atoms with van der Waals surface area (Å²) < 4.78 is 30.4. The predicted molar refractivity (Wildman–Crippen MR) is 134 cm³/mol. The molecule has 0 bridgehead atoms. The summed E-state index contributed by atoms with van der Waals surface area (Å²) >= 11 is 0. The molecule has 1 fully saturated rings. The van der Waals surface area contributed by atoms with Crippen LogP contribution in [0.3, 0.4) is 0 Å². The standard InChI is InChI=1S/C27H24F2N4O4/c28-19-6-7-21-20(14-19)24(35)33(26(37)31-21)16-17-8-10-27(29,11-9-17)25(36)32-13-12-30-15-22(32)23(34)18-4-2-1-3-5-18/h1-10,14,22,30H,11-13,15-16H2,(H,31,37). The molecule has 2 N–H and O–H groups in total. The monoisotopic (exact) mass is 506 g/mol. The number of aromatic amines is 1. The summed E-state index contributed by atoms with van der Waals surface area (Å²) in [7, 11) is 0. The largest absolute Gasteiger partial charge is 0.329 e. The van der Waals surface area contributed by atoms with Crippen molar-refractivity contribution in [3.05, 3.63) is 105 Å². The van der Waals surface area contributed by atoms with Gasteiger partial charge in [-0.1, -0.05) is 42.5 Å². The van der Waals surface area contributed by atoms with E-state index in [1.54, 1.807) is 30.3 Å². The van der Waals surface area contributed by atoms with Crippen LogP contribution >= 0.6 is 0 Å². The average molecular weight is 507 g/mol. The third kappa shape index (κ3) is 4.67. The van der Waals surface area contributed by atoms with Gasteiger partial charge in [-0.25, -0.2) is 13.6 Å². The molecule has 0 radical (unpaired) electrons. The summed E-state index contributed by atoms with van der Waals surface area (Å²) in [4.78, 5) is 55.4. The molecule has 8 nitrogen and oxygen atoms in total. The number of piperazine rings is 1. The van der Waals surface area contributed by atoms with Gasteiger partial charge >= 0.3 is 5.69 Å². The minimum Gasteiger partial charge on any atom is -0.327 e. The zero-order valence-corrected chi connectivity index (χ0v) is 19.7. The fourth-order valence-corrected chi connectivity index (χ4v) is 4.69. The number of halogens is 2. The lowest BCUT2D eigenvalue weighted by Gasteiger charge is -2.39. The van der Waals surface area contributed by atoms with E-state index in [1.165, 1.54) is 23.1 Å². The van der Waals surface area contributed by atoms with E-state index in [0.717, 1.165) is 22.8 Å². The first kappa shape index (κ1) is 24.5. The first-order valence-corrected chi connectivity index (χ1v) is 11.9. The van der Waals surface area contributed by atoms with Crippen LogP contribution in [0.5, 0.6) is 0 Å². The minimum absolute atomic E-state index is 0.0165. The molecule has 2 unspecified atom stereocenters. The highest BCUT2D eigenvalue weighted by molar-refractivity contribution is 6.03. The number of amides is 1. The lowest BCUT2D eigenvalue weighted by molar-refractivity contribution is -0.143. The molecular formula is C27H24F2N4O4. The van der Waals surface area contributed by atoms with Gasteiger partial charge in [-0.3, -0.25) is 19.0 Å². The lowest BCUT2D eigenvalue weighted by Crippen LogP contribution is -2.60. The summed E-state index contributed by atoms with van der Waals surface area (Å²) in [6.45, 7) is 0.648. The molecule has 2 atom stereocenters. The molecule has 0 saturated carbocycles. The van der Waals surface area contributed by atoms with Gasteiger partial charge in [-0.2, -0.15) is 0 Å². The van der Waals surface area contributed by atoms with Gasteiger partial charge in [0.15, 0.2) is 5.78 Å². The molecule has 3 aromatic rings. The van der Waals surface area contributed by atoms with Crippen LogP contribution in [0.1, 0.15) is 16.8 Å². The number of rotatable bonds is 5. The Hall–Kier alpha value is -4.18. The summed E-state index contributed by atoms with van der Waals surface area (Å²) in [6, 6.07) is 11.2. The van der Waals surface area contributed by atoms with E-state index in [9.17, 15) is 23.6 Å². The van der Waals surface area contributed by atoms with E-state index in [4.69, 9.17) is 0 Å². The summed E-state index contributed by atoms with van der Waals surface area (Å²) in [5, 5.41) is 3.11. The fraction of sp³-hybridized carbons (Fsp3) is 0.259. The van der Waals surface area contributed by atoms with Crippen LogP contribution in [-0.2, 0) is 11.3 Å². The number of carbonyl (C=O) groups is 2. The predicted octanol–water partition coefficient (Wildman–Crippen LogP) is 2.11. The Balaban J connectivity index is 1.35. The topological polar surface area (TPSA) is 104 Å². The van der Waals surface area contributed by atoms with Gasteiger partial charge in [0.25, 0.3) is 11.5 Å². The van der Waals surface area contributed by atoms with Crippen molar-refractivity contribution >= 4 is 22.6 Å². The molecule has 1 aromatic heterocycles. The molecule has 10 heteroatoms. The van der Waals surface area contributed by atoms with Crippen LogP contribution < -0.4 is 16.6 Å². The molecule has 37 heavy (non-hydrogen) atoms. The van der Waals surface area contributed by atoms with Crippen LogP contribution in [0.4, 0.5) is 8.78 Å². The van der Waals surface area contributed by atoms with E-state index in [-0.39, 0.29) is 42.7 Å². The highest BCUT2D eigenvalue weighted by Gasteiger charge is 2.44. The van der Waals surface area contributed by atoms with Crippen molar-refractivity contribution in [2.45, 2.75) is 24.7 Å². The minimum atomic E-state index is -2.38. The number of hydrogen-bond acceptors (Lipinski definition) is 5. The normalized spacial score (nSPS) is 21.6. The maximum Gasteiger partial charge on any atom is 0.329 e. The van der Waals surface area contributed by atoms with Crippen LogP contribution in [0.2, 0.25) is 0 Å². The third-order valence-corrected chi connectivity index (χ3v) is 6.73. The smallest absolute Gasteiger partial charge is 0.327 e. The summed E-state index contributed by atoms with van der Waals surface area (Å²) in [5.74, 6) is -1.70. The number of hydrogen-bond donors (Lipinski definition) is 2. The van der Waals surface area contributed by atoms with E-state index in [0.29, 0.717) is 17.7 Å². The van der Waals surface area contributed by atoms with Gasteiger partial charge < -0.3 is 15.2 Å². The van der Waals surface area contributed by atoms with Gasteiger partial charge in [0.2, 0.25) is 5.67 Å². The van der Waals surface area contributed by atoms with E-state index in [1.807, 2.05) is 0 Å². The Labute approximate surface area is 209 Å². The number of fused-ring (bicyclic) bond motifs is 1. The number of alkyl halides is 1. The highest BCUT2D eigenvalue weighted by Crippen LogP contribution is 2.29. The van der Waals surface area contributed by atoms with E-state index in [2.05, 4.69) is 10.3 Å². The first-order valence-electron chi connectivity index (χ1n) is 11.9. The van der Waals surface area contributed by atoms with Crippen LogP contribution in [-0.4, -0.2) is 57.5 Å². The zero-order valence-electron chi connectivity index (χ0n) is 19.7. The zero-order chi connectivity index (χ0) is 26.2. The molecule has 1 aliphatic heterocycles. The number of H-pyrrole nitrogens is 1. The SMILES string of the molecule is O=C(c1ccccc1)C1CNCCN1C(=O)C1(F)C=CC(Cn2c(=O)[nH]c3ccc(F)cc3c2=O)=CC1. The van der Waals surface area contributed by atoms with Crippen molar-refractivity contribution in [2.24, 2.45) is 0 Å². The van der Waals surface area contributed by atoms with Crippen molar-refractivity contribution in [2.75, 3.05) is 19.6 Å². The number of nitrogens with one attached hydrogen (secondary N) is 2. The number of allylic oxidation sites excluding steroid dienone is 3. The fourth-order valence-electron chi connectivity index (χ4n) is 4.69. The molecular weight excluding hydrogens is 482 g/mol. The van der Waals surface area contributed by atoms with Crippen molar-refractivity contribution in [3.63, 3.8) is 0 Å². The molecule has 190 valence electrons. The molecule has 1 saturated heterocycles. The Morgan fingerprint density at radius 3 is 2.62 bits per heavy atom. The first-order chi connectivity index (χ1) is 17.8. The Morgan fingerprint density at radius 1 is 1.11 bits per heavy atom. The number of ketones is 1. The van der Waals surface area contributed by atoms with E-state index < -0.39 is 34.7 Å². The molecule has 1 amide bonds. The molecule has 2 aliphatic rings. The summed E-state index contributed by atoms with van der Waals surface area (Å²) in [6.07, 6.45) is 3.61. The second-order valence-corrected chi connectivity index (χ2v) is 9.14. The molecule has 2 aromatic carbocycles. The van der Waals surface area contributed by atoms with Crippen LogP contribution in [0.25, 0.3) is 10.9 Å². The van der Waals surface area contributed by atoms with Crippen LogP contribution in [0.15, 0.2) is 81.9 Å². The molecule has 1 aliphatic carbocycles. The second-order valence-electron chi connectivity index (χ2n) is 9.14. The Bertz CT molecular complexity index is 1560. The third-order valence-electron chi connectivity index (χ3n) is 6.73. The van der Waals surface area contributed by atoms with Gasteiger partial charge in [-0.05, 0) is 29.8 Å². The maximum absolute atomic E-state index is 15.9. The number of benzene rings is 2. The number of nitrogens with zero attached hydrogens (tertiary/aromatic N) is 2. The van der Waals surface area contributed by atoms with Crippen molar-refractivity contribution < 1.29 is 18.4 Å². The van der Waals surface area contributed by atoms with Gasteiger partial charge in [-0.15, -0.1) is 0 Å². The van der Waals surface area contributed by atoms with E-state index >= 15 is 4.39 Å². The molecule has 2 heterocycles. The number of carbonyl (C=O) groups excluding carboxylic acids is 2. The van der Waals surface area contributed by atoms with Crippen molar-refractivity contribution in [1.82, 2.24) is 19.8 Å². The van der Waals surface area contributed by atoms with Crippen molar-refractivity contribution in [1.29, 1.82) is 0 Å². The quantitative estimate of drug-likeness (QED) is 0.516. The Kier molecular flexibility index (Phi) is 6.43. The van der Waals surface area contributed by atoms with Gasteiger partial charge in [0, 0.05) is 31.6 Å². The van der Waals surface area contributed by atoms with Crippen LogP contribution in [0, 0.1) is 5.82 Å². The molecule has 5 rings (SSSR count). The summed E-state index contributed by atoms with van der Waals surface area (Å²) in [5.41, 5.74) is -2.64. The average Bonchev–Trinajstić information content (AvgIpc) is 2.92. The number of aromatic nitrogens is 2. The lowest BCUT2D eigenvalue weighted by atomic mass is 9.90.